The number of nitrogens with zero attached hydrogens (tertiary/aromatic N) is 1. The Morgan fingerprint density at radius 3 is 3.15 bits per heavy atom. The van der Waals surface area contributed by atoms with Crippen molar-refractivity contribution in [1.29, 1.82) is 0 Å². The van der Waals surface area contributed by atoms with E-state index in [1.165, 1.54) is 0 Å². The molecule has 1 amide bonds. The van der Waals surface area contributed by atoms with Gasteiger partial charge in [-0.25, -0.2) is 4.98 Å². The minimum absolute atomic E-state index is 0.0542. The summed E-state index contributed by atoms with van der Waals surface area (Å²) >= 11 is 1.62. The Hall–Kier alpha value is -1.88. The number of hydrogen-bond donors (Lipinski definition) is 2. The van der Waals surface area contributed by atoms with E-state index in [0.717, 1.165) is 34.1 Å². The first-order chi connectivity index (χ1) is 9.74. The maximum atomic E-state index is 12.4. The Kier molecular flexibility index (Phi) is 3.69. The van der Waals surface area contributed by atoms with Gasteiger partial charge in [-0.15, -0.1) is 11.3 Å². The zero-order chi connectivity index (χ0) is 13.9. The van der Waals surface area contributed by atoms with Crippen molar-refractivity contribution >= 4 is 22.9 Å². The van der Waals surface area contributed by atoms with Gasteiger partial charge < -0.3 is 10.6 Å². The van der Waals surface area contributed by atoms with Crippen LogP contribution in [0.15, 0.2) is 30.5 Å². The molecule has 104 valence electrons. The van der Waals surface area contributed by atoms with Crippen LogP contribution in [-0.4, -0.2) is 17.4 Å². The molecule has 20 heavy (non-hydrogen) atoms. The SMILES string of the molecule is Cc1ncc(CNC(=O)C2CCNc3ccccc32)s1. The van der Waals surface area contributed by atoms with E-state index in [2.05, 4.69) is 15.6 Å². The molecule has 1 aliphatic rings. The lowest BCUT2D eigenvalue weighted by atomic mass is 9.90. The van der Waals surface area contributed by atoms with E-state index >= 15 is 0 Å². The smallest absolute Gasteiger partial charge is 0.227 e. The molecule has 0 saturated carbocycles. The minimum atomic E-state index is -0.0542. The van der Waals surface area contributed by atoms with E-state index in [1.807, 2.05) is 37.4 Å². The minimum Gasteiger partial charge on any atom is -0.385 e. The van der Waals surface area contributed by atoms with Crippen molar-refractivity contribution in [2.75, 3.05) is 11.9 Å². The maximum Gasteiger partial charge on any atom is 0.227 e. The third kappa shape index (κ3) is 2.67. The van der Waals surface area contributed by atoms with E-state index < -0.39 is 0 Å². The van der Waals surface area contributed by atoms with Crippen LogP contribution in [0.25, 0.3) is 0 Å². The number of thiazole rings is 1. The summed E-state index contributed by atoms with van der Waals surface area (Å²) in [5.41, 5.74) is 2.17. The van der Waals surface area contributed by atoms with Crippen molar-refractivity contribution in [3.63, 3.8) is 0 Å². The van der Waals surface area contributed by atoms with E-state index in [4.69, 9.17) is 0 Å². The third-order valence-electron chi connectivity index (χ3n) is 3.51. The molecule has 2 N–H and O–H groups in total. The van der Waals surface area contributed by atoms with E-state index in [9.17, 15) is 4.79 Å². The zero-order valence-electron chi connectivity index (χ0n) is 11.3. The summed E-state index contributed by atoms with van der Waals surface area (Å²) in [6, 6.07) is 8.04. The molecule has 0 aliphatic carbocycles. The van der Waals surface area contributed by atoms with Gasteiger partial charge in [0, 0.05) is 23.3 Å². The van der Waals surface area contributed by atoms with Crippen molar-refractivity contribution in [1.82, 2.24) is 10.3 Å². The molecule has 0 bridgehead atoms. The number of hydrogen-bond acceptors (Lipinski definition) is 4. The number of benzene rings is 1. The molecular weight excluding hydrogens is 270 g/mol. The number of rotatable bonds is 3. The van der Waals surface area contributed by atoms with Crippen molar-refractivity contribution in [2.45, 2.75) is 25.8 Å². The van der Waals surface area contributed by atoms with Crippen LogP contribution in [0.3, 0.4) is 0 Å². The summed E-state index contributed by atoms with van der Waals surface area (Å²) in [6.07, 6.45) is 2.67. The van der Waals surface area contributed by atoms with Gasteiger partial charge in [0.25, 0.3) is 0 Å². The van der Waals surface area contributed by atoms with Crippen molar-refractivity contribution in [3.05, 3.63) is 45.9 Å². The first-order valence-electron chi connectivity index (χ1n) is 6.76. The Morgan fingerprint density at radius 1 is 1.50 bits per heavy atom. The molecule has 1 aromatic heterocycles. The molecule has 0 fully saturated rings. The fraction of sp³-hybridized carbons (Fsp3) is 0.333. The molecule has 1 atom stereocenters. The van der Waals surface area contributed by atoms with Crippen LogP contribution in [0.5, 0.6) is 0 Å². The summed E-state index contributed by atoms with van der Waals surface area (Å²) in [4.78, 5) is 17.7. The standard InChI is InChI=1S/C15H17N3OS/c1-10-17-8-11(20-10)9-18-15(19)13-6-7-16-14-5-3-2-4-12(13)14/h2-5,8,13,16H,6-7,9H2,1H3,(H,18,19). The number of nitrogens with one attached hydrogen (secondary N) is 2. The molecule has 2 heterocycles. The van der Waals surface area contributed by atoms with E-state index in [1.54, 1.807) is 11.3 Å². The van der Waals surface area contributed by atoms with Crippen LogP contribution in [0.2, 0.25) is 0 Å². The van der Waals surface area contributed by atoms with Crippen LogP contribution < -0.4 is 10.6 Å². The largest absolute Gasteiger partial charge is 0.385 e. The first kappa shape index (κ1) is 13.1. The van der Waals surface area contributed by atoms with Crippen LogP contribution in [0.4, 0.5) is 5.69 Å². The molecular formula is C15H17N3OS. The summed E-state index contributed by atoms with van der Waals surface area (Å²) in [5, 5.41) is 7.39. The summed E-state index contributed by atoms with van der Waals surface area (Å²) in [6.45, 7) is 3.38. The molecule has 5 heteroatoms. The monoisotopic (exact) mass is 287 g/mol. The number of aryl methyl sites for hydroxylation is 1. The zero-order valence-corrected chi connectivity index (χ0v) is 12.2. The molecule has 0 saturated heterocycles. The quantitative estimate of drug-likeness (QED) is 0.912. The third-order valence-corrected chi connectivity index (χ3v) is 4.42. The average Bonchev–Trinajstić information content (AvgIpc) is 2.90. The van der Waals surface area contributed by atoms with Crippen LogP contribution in [0.1, 0.15) is 27.8 Å². The lowest BCUT2D eigenvalue weighted by Crippen LogP contribution is -2.32. The molecule has 0 spiro atoms. The van der Waals surface area contributed by atoms with E-state index in [-0.39, 0.29) is 11.8 Å². The van der Waals surface area contributed by atoms with Gasteiger partial charge in [-0.3, -0.25) is 4.79 Å². The van der Waals surface area contributed by atoms with Gasteiger partial charge in [-0.1, -0.05) is 18.2 Å². The van der Waals surface area contributed by atoms with Gasteiger partial charge >= 0.3 is 0 Å². The van der Waals surface area contributed by atoms with Gasteiger partial charge in [0.15, 0.2) is 0 Å². The van der Waals surface area contributed by atoms with Gasteiger partial charge in [-0.05, 0) is 25.0 Å². The molecule has 2 aromatic rings. The van der Waals surface area contributed by atoms with Gasteiger partial charge in [0.1, 0.15) is 0 Å². The predicted molar refractivity (Wildman–Crippen MR) is 81.0 cm³/mol. The lowest BCUT2D eigenvalue weighted by molar-refractivity contribution is -0.122. The van der Waals surface area contributed by atoms with Crippen LogP contribution >= 0.6 is 11.3 Å². The number of amides is 1. The fourth-order valence-electron chi connectivity index (χ4n) is 2.53. The van der Waals surface area contributed by atoms with Crippen molar-refractivity contribution < 1.29 is 4.79 Å². The molecule has 0 radical (unpaired) electrons. The highest BCUT2D eigenvalue weighted by Crippen LogP contribution is 2.31. The molecule has 3 rings (SSSR count). The summed E-state index contributed by atoms with van der Waals surface area (Å²) < 4.78 is 0. The average molecular weight is 287 g/mol. The van der Waals surface area contributed by atoms with Crippen LogP contribution in [-0.2, 0) is 11.3 Å². The highest BCUT2D eigenvalue weighted by atomic mass is 32.1. The molecule has 1 unspecified atom stereocenters. The highest BCUT2D eigenvalue weighted by Gasteiger charge is 2.25. The first-order valence-corrected chi connectivity index (χ1v) is 7.57. The Bertz CT molecular complexity index is 623. The second-order valence-electron chi connectivity index (χ2n) is 4.92. The molecule has 1 aromatic carbocycles. The maximum absolute atomic E-state index is 12.4. The number of anilines is 1. The second kappa shape index (κ2) is 5.63. The second-order valence-corrected chi connectivity index (χ2v) is 6.24. The fourth-order valence-corrected chi connectivity index (χ4v) is 3.26. The normalized spacial score (nSPS) is 17.1. The van der Waals surface area contributed by atoms with E-state index in [0.29, 0.717) is 6.54 Å². The van der Waals surface area contributed by atoms with Gasteiger partial charge in [-0.2, -0.15) is 0 Å². The van der Waals surface area contributed by atoms with Gasteiger partial charge in [0.05, 0.1) is 17.5 Å². The predicted octanol–water partition coefficient (Wildman–Crippen LogP) is 2.67. The number of carbonyl (C=O) groups is 1. The number of fused-ring (bicyclic) bond motifs is 1. The highest BCUT2D eigenvalue weighted by molar-refractivity contribution is 7.11. The van der Waals surface area contributed by atoms with Crippen molar-refractivity contribution in [2.24, 2.45) is 0 Å². The summed E-state index contributed by atoms with van der Waals surface area (Å²) in [5.74, 6) is 0.0477. The van der Waals surface area contributed by atoms with Gasteiger partial charge in [0.2, 0.25) is 5.91 Å². The topological polar surface area (TPSA) is 54.0 Å². The lowest BCUT2D eigenvalue weighted by Gasteiger charge is -2.25. The van der Waals surface area contributed by atoms with Crippen molar-refractivity contribution in [3.8, 4) is 0 Å². The number of carbonyl (C=O) groups excluding carboxylic acids is 1. The Balaban J connectivity index is 1.69. The number of aromatic nitrogens is 1. The number of para-hydroxylation sites is 1. The summed E-state index contributed by atoms with van der Waals surface area (Å²) in [7, 11) is 0. The van der Waals surface area contributed by atoms with Crippen LogP contribution in [0, 0.1) is 6.92 Å². The Labute approximate surface area is 122 Å². The molecule has 4 nitrogen and oxygen atoms in total. The Morgan fingerprint density at radius 2 is 2.35 bits per heavy atom. The molecule has 1 aliphatic heterocycles.